The zero-order valence-corrected chi connectivity index (χ0v) is 11.4. The van der Waals surface area contributed by atoms with E-state index in [2.05, 4.69) is 15.5 Å². The first-order chi connectivity index (χ1) is 10.1. The quantitative estimate of drug-likeness (QED) is 0.654. The van der Waals surface area contributed by atoms with Crippen molar-refractivity contribution in [2.75, 3.05) is 0 Å². The Bertz CT molecular complexity index is 727. The summed E-state index contributed by atoms with van der Waals surface area (Å²) in [6, 6.07) is 3.87. The molecule has 0 unspecified atom stereocenters. The Kier molecular flexibility index (Phi) is 3.29. The number of aromatic nitrogens is 4. The number of aromatic carboxylic acids is 1. The molecule has 0 atom stereocenters. The molecular weight excluding hydrogens is 298 g/mol. The number of rotatable bonds is 5. The Morgan fingerprint density at radius 1 is 1.48 bits per heavy atom. The molecule has 0 bridgehead atoms. The van der Waals surface area contributed by atoms with Crippen molar-refractivity contribution in [3.05, 3.63) is 33.9 Å². The van der Waals surface area contributed by atoms with Gasteiger partial charge in [-0.2, -0.15) is 0 Å². The van der Waals surface area contributed by atoms with Crippen molar-refractivity contribution >= 4 is 23.4 Å². The van der Waals surface area contributed by atoms with Crippen LogP contribution in [0.25, 0.3) is 0 Å². The minimum absolute atomic E-state index is 0.0199. The van der Waals surface area contributed by atoms with Gasteiger partial charge < -0.3 is 5.11 Å². The molecule has 9 nitrogen and oxygen atoms in total. The molecule has 1 saturated carbocycles. The highest BCUT2D eigenvalue weighted by Gasteiger charge is 2.29. The van der Waals surface area contributed by atoms with E-state index < -0.39 is 10.9 Å². The van der Waals surface area contributed by atoms with E-state index in [1.54, 1.807) is 4.68 Å². The second kappa shape index (κ2) is 5.13. The fourth-order valence-corrected chi connectivity index (χ4v) is 2.77. The molecule has 1 heterocycles. The van der Waals surface area contributed by atoms with Gasteiger partial charge in [0.2, 0.25) is 5.16 Å². The van der Waals surface area contributed by atoms with Crippen LogP contribution in [0.5, 0.6) is 0 Å². The lowest BCUT2D eigenvalue weighted by atomic mass is 10.2. The normalized spacial score (nSPS) is 14.1. The molecule has 0 aliphatic heterocycles. The topological polar surface area (TPSA) is 124 Å². The van der Waals surface area contributed by atoms with E-state index in [0.29, 0.717) is 5.16 Å². The summed E-state index contributed by atoms with van der Waals surface area (Å²) in [5.74, 6) is -1.14. The fourth-order valence-electron chi connectivity index (χ4n) is 1.78. The summed E-state index contributed by atoms with van der Waals surface area (Å²) < 4.78 is 1.61. The molecule has 1 N–H and O–H groups in total. The Morgan fingerprint density at radius 2 is 2.24 bits per heavy atom. The number of hydrogen-bond acceptors (Lipinski definition) is 7. The van der Waals surface area contributed by atoms with Gasteiger partial charge >= 0.3 is 5.97 Å². The molecule has 1 aliphatic rings. The number of tetrazole rings is 1. The van der Waals surface area contributed by atoms with Crippen molar-refractivity contribution < 1.29 is 14.8 Å². The summed E-state index contributed by atoms with van der Waals surface area (Å²) in [6.45, 7) is 0. The molecular formula is C11H9N5O4S. The van der Waals surface area contributed by atoms with Crippen LogP contribution < -0.4 is 0 Å². The van der Waals surface area contributed by atoms with Gasteiger partial charge in [-0.05, 0) is 47.2 Å². The Balaban J connectivity index is 1.99. The highest BCUT2D eigenvalue weighted by atomic mass is 32.2. The van der Waals surface area contributed by atoms with Gasteiger partial charge in [-0.25, -0.2) is 9.48 Å². The molecule has 108 valence electrons. The highest BCUT2D eigenvalue weighted by molar-refractivity contribution is 7.99. The summed E-state index contributed by atoms with van der Waals surface area (Å²) in [6.07, 6.45) is 1.94. The number of carboxylic acids is 1. The van der Waals surface area contributed by atoms with Gasteiger partial charge in [0.15, 0.2) is 0 Å². The Morgan fingerprint density at radius 3 is 2.86 bits per heavy atom. The number of carboxylic acid groups (broad SMARTS) is 1. The van der Waals surface area contributed by atoms with Crippen molar-refractivity contribution in [3.8, 4) is 0 Å². The molecule has 10 heteroatoms. The van der Waals surface area contributed by atoms with Gasteiger partial charge in [0.1, 0.15) is 0 Å². The predicted molar refractivity (Wildman–Crippen MR) is 70.3 cm³/mol. The van der Waals surface area contributed by atoms with Crippen molar-refractivity contribution in [2.45, 2.75) is 28.9 Å². The van der Waals surface area contributed by atoms with Crippen LogP contribution in [0, 0.1) is 10.1 Å². The summed E-state index contributed by atoms with van der Waals surface area (Å²) in [4.78, 5) is 21.7. The Hall–Kier alpha value is -2.49. The molecule has 1 aromatic heterocycles. The van der Waals surface area contributed by atoms with Crippen molar-refractivity contribution in [3.63, 3.8) is 0 Å². The third kappa shape index (κ3) is 2.70. The summed E-state index contributed by atoms with van der Waals surface area (Å²) in [5.41, 5.74) is -0.191. The predicted octanol–water partition coefficient (Wildman–Crippen LogP) is 1.77. The lowest BCUT2D eigenvalue weighted by molar-refractivity contribution is -0.387. The number of nitro groups is 1. The van der Waals surface area contributed by atoms with Crippen molar-refractivity contribution in [1.29, 1.82) is 0 Å². The second-order valence-corrected chi connectivity index (χ2v) is 5.49. The minimum atomic E-state index is -1.14. The molecule has 3 rings (SSSR count). The monoisotopic (exact) mass is 307 g/mol. The largest absolute Gasteiger partial charge is 0.478 e. The van der Waals surface area contributed by atoms with Gasteiger partial charge in [-0.15, -0.1) is 5.10 Å². The SMILES string of the molecule is O=C(O)c1ccc([N+](=O)[O-])c(Sc2nnnn2C2CC2)c1. The first-order valence-corrected chi connectivity index (χ1v) is 6.85. The average Bonchev–Trinajstić information content (AvgIpc) is 3.19. The van der Waals surface area contributed by atoms with E-state index in [4.69, 9.17) is 5.11 Å². The lowest BCUT2D eigenvalue weighted by Gasteiger charge is -2.04. The fraction of sp³-hybridized carbons (Fsp3) is 0.273. The van der Waals surface area contributed by atoms with E-state index in [1.807, 2.05) is 0 Å². The maximum absolute atomic E-state index is 11.0. The first-order valence-electron chi connectivity index (χ1n) is 6.03. The molecule has 0 amide bonds. The molecule has 21 heavy (non-hydrogen) atoms. The van der Waals surface area contributed by atoms with E-state index >= 15 is 0 Å². The zero-order valence-electron chi connectivity index (χ0n) is 10.5. The van der Waals surface area contributed by atoms with E-state index in [0.717, 1.165) is 24.6 Å². The standard InChI is InChI=1S/C11H9N5O4S/c17-10(18)6-1-4-8(16(19)20)9(5-6)21-11-12-13-14-15(11)7-2-3-7/h1,4-5,7H,2-3H2,(H,17,18). The van der Waals surface area contributed by atoms with E-state index in [-0.39, 0.29) is 22.2 Å². The van der Waals surface area contributed by atoms with Crippen molar-refractivity contribution in [2.24, 2.45) is 0 Å². The number of hydrogen-bond donors (Lipinski definition) is 1. The van der Waals surface area contributed by atoms with Gasteiger partial charge in [0.25, 0.3) is 5.69 Å². The van der Waals surface area contributed by atoms with Crippen LogP contribution in [0.15, 0.2) is 28.3 Å². The molecule has 0 radical (unpaired) electrons. The van der Waals surface area contributed by atoms with Gasteiger partial charge in [-0.1, -0.05) is 0 Å². The first kappa shape index (κ1) is 13.5. The molecule has 1 fully saturated rings. The molecule has 0 saturated heterocycles. The van der Waals surface area contributed by atoms with Crippen molar-refractivity contribution in [1.82, 2.24) is 20.2 Å². The van der Waals surface area contributed by atoms with Crippen LogP contribution in [0.2, 0.25) is 0 Å². The van der Waals surface area contributed by atoms with Crippen LogP contribution in [0.3, 0.4) is 0 Å². The van der Waals surface area contributed by atoms with Gasteiger partial charge in [0, 0.05) is 6.07 Å². The molecule has 0 spiro atoms. The van der Waals surface area contributed by atoms with Crippen LogP contribution in [-0.4, -0.2) is 36.2 Å². The number of benzene rings is 1. The third-order valence-corrected chi connectivity index (χ3v) is 3.96. The summed E-state index contributed by atoms with van der Waals surface area (Å²) in [5, 5.41) is 31.7. The molecule has 2 aromatic rings. The average molecular weight is 307 g/mol. The number of nitrogens with zero attached hydrogens (tertiary/aromatic N) is 5. The maximum atomic E-state index is 11.0. The third-order valence-electron chi connectivity index (χ3n) is 2.96. The number of carbonyl (C=O) groups is 1. The number of nitro benzene ring substituents is 1. The van der Waals surface area contributed by atoms with E-state index in [9.17, 15) is 14.9 Å². The minimum Gasteiger partial charge on any atom is -0.478 e. The molecule has 1 aromatic carbocycles. The van der Waals surface area contributed by atoms with Crippen LogP contribution in [0.4, 0.5) is 5.69 Å². The van der Waals surface area contributed by atoms with Crippen LogP contribution in [0.1, 0.15) is 29.2 Å². The van der Waals surface area contributed by atoms with Crippen LogP contribution >= 0.6 is 11.8 Å². The smallest absolute Gasteiger partial charge is 0.335 e. The summed E-state index contributed by atoms with van der Waals surface area (Å²) in [7, 11) is 0. The van der Waals surface area contributed by atoms with Gasteiger partial charge in [-0.3, -0.25) is 10.1 Å². The summed E-state index contributed by atoms with van der Waals surface area (Å²) >= 11 is 0.998. The lowest BCUT2D eigenvalue weighted by Crippen LogP contribution is -2.01. The maximum Gasteiger partial charge on any atom is 0.335 e. The molecule has 1 aliphatic carbocycles. The second-order valence-electron chi connectivity index (χ2n) is 4.48. The Labute approximate surface area is 122 Å². The van der Waals surface area contributed by atoms with Crippen LogP contribution in [-0.2, 0) is 0 Å². The van der Waals surface area contributed by atoms with Gasteiger partial charge in [0.05, 0.1) is 21.4 Å². The highest BCUT2D eigenvalue weighted by Crippen LogP contribution is 2.40. The van der Waals surface area contributed by atoms with E-state index in [1.165, 1.54) is 18.2 Å². The zero-order chi connectivity index (χ0) is 15.0.